The van der Waals surface area contributed by atoms with Crippen LogP contribution < -0.4 is 9.47 Å². The van der Waals surface area contributed by atoms with Gasteiger partial charge in [0.25, 0.3) is 0 Å². The molecule has 0 saturated carbocycles. The lowest BCUT2D eigenvalue weighted by Gasteiger charge is -2.28. The van der Waals surface area contributed by atoms with Gasteiger partial charge in [0, 0.05) is 12.6 Å². The molecule has 0 N–H and O–H groups in total. The maximum Gasteiger partial charge on any atom is 0.229 e. The Morgan fingerprint density at radius 1 is 1.42 bits per heavy atom. The van der Waals surface area contributed by atoms with Crippen molar-refractivity contribution in [2.24, 2.45) is 5.92 Å². The number of aromatic nitrogens is 1. The van der Waals surface area contributed by atoms with Crippen molar-refractivity contribution in [3.63, 3.8) is 0 Å². The third-order valence-corrected chi connectivity index (χ3v) is 4.48. The Hall–Kier alpha value is -2.50. The molecule has 1 aliphatic heterocycles. The first-order valence-electron chi connectivity index (χ1n) is 7.96. The maximum absolute atomic E-state index is 12.8. The van der Waals surface area contributed by atoms with E-state index < -0.39 is 0 Å². The van der Waals surface area contributed by atoms with Gasteiger partial charge >= 0.3 is 0 Å². The largest absolute Gasteiger partial charge is 0.497 e. The van der Waals surface area contributed by atoms with Gasteiger partial charge in [-0.05, 0) is 44.0 Å². The second-order valence-electron chi connectivity index (χ2n) is 6.18. The highest BCUT2D eigenvalue weighted by Crippen LogP contribution is 2.31. The van der Waals surface area contributed by atoms with Crippen LogP contribution in [0.2, 0.25) is 0 Å². The normalized spacial score (nSPS) is 16.2. The van der Waals surface area contributed by atoms with Crippen LogP contribution in [0, 0.1) is 19.8 Å². The summed E-state index contributed by atoms with van der Waals surface area (Å²) in [6.45, 7) is 4.63. The molecule has 0 aliphatic carbocycles. The van der Waals surface area contributed by atoms with E-state index in [4.69, 9.17) is 14.0 Å². The van der Waals surface area contributed by atoms with Crippen LogP contribution in [-0.2, 0) is 17.8 Å². The SMILES string of the molecule is COc1ccc2c(c1)CC(C(=O)N(C)Cc1c(C)noc1C)CO2. The molecule has 0 saturated heterocycles. The first kappa shape index (κ1) is 16.4. The number of aryl methyl sites for hydroxylation is 2. The Morgan fingerprint density at radius 2 is 2.21 bits per heavy atom. The Bertz CT molecular complexity index is 734. The van der Waals surface area contributed by atoms with Gasteiger partial charge in [-0.2, -0.15) is 0 Å². The quantitative estimate of drug-likeness (QED) is 0.862. The van der Waals surface area contributed by atoms with E-state index in [-0.39, 0.29) is 11.8 Å². The monoisotopic (exact) mass is 330 g/mol. The molecule has 1 aliphatic rings. The highest BCUT2D eigenvalue weighted by Gasteiger charge is 2.29. The number of fused-ring (bicyclic) bond motifs is 1. The van der Waals surface area contributed by atoms with Crippen molar-refractivity contribution >= 4 is 5.91 Å². The molecule has 1 aromatic heterocycles. The van der Waals surface area contributed by atoms with Gasteiger partial charge in [0.2, 0.25) is 5.91 Å². The number of amides is 1. The summed E-state index contributed by atoms with van der Waals surface area (Å²) < 4.78 is 16.2. The van der Waals surface area contributed by atoms with E-state index in [9.17, 15) is 4.79 Å². The minimum atomic E-state index is -0.199. The van der Waals surface area contributed by atoms with Gasteiger partial charge in [0.05, 0.1) is 25.3 Å². The molecule has 2 aromatic rings. The summed E-state index contributed by atoms with van der Waals surface area (Å²) in [6, 6.07) is 5.69. The lowest BCUT2D eigenvalue weighted by atomic mass is 9.95. The van der Waals surface area contributed by atoms with Crippen LogP contribution in [0.3, 0.4) is 0 Å². The molecule has 1 atom stereocenters. The van der Waals surface area contributed by atoms with E-state index >= 15 is 0 Å². The molecule has 0 spiro atoms. The number of nitrogens with zero attached hydrogens (tertiary/aromatic N) is 2. The molecule has 0 fully saturated rings. The fourth-order valence-electron chi connectivity index (χ4n) is 3.01. The summed E-state index contributed by atoms with van der Waals surface area (Å²) in [5.74, 6) is 2.21. The predicted molar refractivity (Wildman–Crippen MR) is 88.1 cm³/mol. The van der Waals surface area contributed by atoms with Crippen molar-refractivity contribution in [3.05, 3.63) is 40.8 Å². The number of carbonyl (C=O) groups excluding carboxylic acids is 1. The minimum absolute atomic E-state index is 0.0588. The maximum atomic E-state index is 12.8. The number of methoxy groups -OCH3 is 1. The highest BCUT2D eigenvalue weighted by molar-refractivity contribution is 5.79. The summed E-state index contributed by atoms with van der Waals surface area (Å²) in [4.78, 5) is 14.5. The van der Waals surface area contributed by atoms with Crippen LogP contribution in [0.4, 0.5) is 0 Å². The first-order valence-corrected chi connectivity index (χ1v) is 7.96. The number of rotatable bonds is 4. The lowest BCUT2D eigenvalue weighted by Crippen LogP contribution is -2.38. The van der Waals surface area contributed by atoms with E-state index in [1.54, 1.807) is 19.1 Å². The summed E-state index contributed by atoms with van der Waals surface area (Å²) in [5, 5.41) is 3.94. The molecule has 3 rings (SSSR count). The fourth-order valence-corrected chi connectivity index (χ4v) is 3.01. The number of carbonyl (C=O) groups is 1. The molecule has 6 nitrogen and oxygen atoms in total. The van der Waals surface area contributed by atoms with Crippen LogP contribution in [0.1, 0.15) is 22.6 Å². The Labute approximate surface area is 141 Å². The second-order valence-corrected chi connectivity index (χ2v) is 6.18. The summed E-state index contributed by atoms with van der Waals surface area (Å²) in [6.07, 6.45) is 0.650. The van der Waals surface area contributed by atoms with Gasteiger partial charge < -0.3 is 18.9 Å². The summed E-state index contributed by atoms with van der Waals surface area (Å²) >= 11 is 0. The fraction of sp³-hybridized carbons (Fsp3) is 0.444. The van der Waals surface area contributed by atoms with E-state index in [0.717, 1.165) is 34.1 Å². The van der Waals surface area contributed by atoms with Gasteiger partial charge in [-0.15, -0.1) is 0 Å². The van der Waals surface area contributed by atoms with E-state index in [2.05, 4.69) is 5.16 Å². The van der Waals surface area contributed by atoms with E-state index in [0.29, 0.717) is 19.6 Å². The Morgan fingerprint density at radius 3 is 2.88 bits per heavy atom. The zero-order valence-corrected chi connectivity index (χ0v) is 14.5. The van der Waals surface area contributed by atoms with Gasteiger partial charge in [0.1, 0.15) is 23.9 Å². The molecule has 1 amide bonds. The molecule has 1 aromatic carbocycles. The van der Waals surface area contributed by atoms with Crippen LogP contribution in [-0.4, -0.2) is 36.7 Å². The Kier molecular flexibility index (Phi) is 4.46. The van der Waals surface area contributed by atoms with Crippen molar-refractivity contribution < 1.29 is 18.8 Å². The molecule has 0 bridgehead atoms. The molecule has 24 heavy (non-hydrogen) atoms. The van der Waals surface area contributed by atoms with Gasteiger partial charge in [-0.25, -0.2) is 0 Å². The van der Waals surface area contributed by atoms with Crippen molar-refractivity contribution in [3.8, 4) is 11.5 Å². The molecule has 128 valence electrons. The molecule has 6 heteroatoms. The van der Waals surface area contributed by atoms with Crippen molar-refractivity contribution in [2.75, 3.05) is 20.8 Å². The lowest BCUT2D eigenvalue weighted by molar-refractivity contribution is -0.136. The van der Waals surface area contributed by atoms with Crippen molar-refractivity contribution in [1.82, 2.24) is 10.1 Å². The number of hydrogen-bond donors (Lipinski definition) is 0. The minimum Gasteiger partial charge on any atom is -0.497 e. The smallest absolute Gasteiger partial charge is 0.229 e. The molecule has 2 heterocycles. The zero-order valence-electron chi connectivity index (χ0n) is 14.5. The Balaban J connectivity index is 1.71. The third kappa shape index (κ3) is 3.09. The average Bonchev–Trinajstić information content (AvgIpc) is 2.91. The van der Waals surface area contributed by atoms with E-state index in [1.165, 1.54) is 0 Å². The van der Waals surface area contributed by atoms with E-state index in [1.807, 2.05) is 32.0 Å². The highest BCUT2D eigenvalue weighted by atomic mass is 16.5. The van der Waals surface area contributed by atoms with Crippen molar-refractivity contribution in [1.29, 1.82) is 0 Å². The standard InChI is InChI=1S/C18H22N2O4/c1-11-16(12(2)24-19-11)9-20(3)18(21)14-7-13-8-15(22-4)5-6-17(13)23-10-14/h5-6,8,14H,7,9-10H2,1-4H3. The van der Waals surface area contributed by atoms with Crippen LogP contribution in [0.5, 0.6) is 11.5 Å². The topological polar surface area (TPSA) is 64.8 Å². The molecule has 1 unspecified atom stereocenters. The summed E-state index contributed by atoms with van der Waals surface area (Å²) in [7, 11) is 3.43. The average molecular weight is 330 g/mol. The van der Waals surface area contributed by atoms with Crippen LogP contribution in [0.25, 0.3) is 0 Å². The molecule has 0 radical (unpaired) electrons. The number of hydrogen-bond acceptors (Lipinski definition) is 5. The predicted octanol–water partition coefficient (Wildman–Crippen LogP) is 2.51. The van der Waals surface area contributed by atoms with Gasteiger partial charge in [0.15, 0.2) is 0 Å². The van der Waals surface area contributed by atoms with Crippen LogP contribution in [0.15, 0.2) is 22.7 Å². The van der Waals surface area contributed by atoms with Crippen molar-refractivity contribution in [2.45, 2.75) is 26.8 Å². The third-order valence-electron chi connectivity index (χ3n) is 4.48. The van der Waals surface area contributed by atoms with Gasteiger partial charge in [-0.3, -0.25) is 4.79 Å². The molecular formula is C18H22N2O4. The first-order chi connectivity index (χ1) is 11.5. The van der Waals surface area contributed by atoms with Crippen LogP contribution >= 0.6 is 0 Å². The zero-order chi connectivity index (χ0) is 17.3. The molecular weight excluding hydrogens is 308 g/mol. The number of ether oxygens (including phenoxy) is 2. The van der Waals surface area contributed by atoms with Gasteiger partial charge in [-0.1, -0.05) is 5.16 Å². The summed E-state index contributed by atoms with van der Waals surface area (Å²) in [5.41, 5.74) is 2.79. The second kappa shape index (κ2) is 6.55. The number of benzene rings is 1.